The van der Waals surface area contributed by atoms with Crippen LogP contribution in [0.25, 0.3) is 5.70 Å². The fourth-order valence-electron chi connectivity index (χ4n) is 1.60. The molecule has 0 amide bonds. The first-order valence-electron chi connectivity index (χ1n) is 4.58. The highest BCUT2D eigenvalue weighted by Crippen LogP contribution is 2.19. The summed E-state index contributed by atoms with van der Waals surface area (Å²) in [6, 6.07) is 0. The number of likely N-dealkylation sites (tertiary alicyclic amines) is 1. The predicted octanol–water partition coefficient (Wildman–Crippen LogP) is 1.54. The second-order valence-electron chi connectivity index (χ2n) is 3.23. The second-order valence-corrected chi connectivity index (χ2v) is 3.23. The van der Waals surface area contributed by atoms with Crippen molar-refractivity contribution < 1.29 is 0 Å². The molecule has 1 saturated heterocycles. The number of rotatable bonds is 2. The van der Waals surface area contributed by atoms with E-state index >= 15 is 0 Å². The normalized spacial score (nSPS) is 16.2. The highest BCUT2D eigenvalue weighted by molar-refractivity contribution is 5.57. The summed E-state index contributed by atoms with van der Waals surface area (Å²) in [7, 11) is 0. The maximum absolute atomic E-state index is 4.22. The molecular weight excluding hydrogens is 162 g/mol. The van der Waals surface area contributed by atoms with Crippen molar-refractivity contribution in [2.75, 3.05) is 13.1 Å². The smallest absolute Gasteiger partial charge is 0.104 e. The Morgan fingerprint density at radius 1 is 1.31 bits per heavy atom. The molecule has 0 unspecified atom stereocenters. The van der Waals surface area contributed by atoms with E-state index in [1.165, 1.54) is 12.8 Å². The third-order valence-electron chi connectivity index (χ3n) is 2.35. The summed E-state index contributed by atoms with van der Waals surface area (Å²) >= 11 is 0. The van der Waals surface area contributed by atoms with E-state index in [2.05, 4.69) is 21.4 Å². The van der Waals surface area contributed by atoms with Crippen LogP contribution in [0.2, 0.25) is 0 Å². The summed E-state index contributed by atoms with van der Waals surface area (Å²) in [5, 5.41) is 0. The van der Waals surface area contributed by atoms with Gasteiger partial charge in [-0.2, -0.15) is 0 Å². The summed E-state index contributed by atoms with van der Waals surface area (Å²) in [5.41, 5.74) is 1.90. The van der Waals surface area contributed by atoms with E-state index in [9.17, 15) is 0 Å². The fourth-order valence-corrected chi connectivity index (χ4v) is 1.60. The number of aromatic nitrogens is 2. The molecule has 2 rings (SSSR count). The van der Waals surface area contributed by atoms with Crippen LogP contribution in [-0.4, -0.2) is 28.0 Å². The fraction of sp³-hybridized carbons (Fsp3) is 0.400. The lowest BCUT2D eigenvalue weighted by Crippen LogP contribution is -2.17. The molecule has 0 spiro atoms. The molecule has 0 atom stereocenters. The molecule has 1 aliphatic rings. The van der Waals surface area contributed by atoms with E-state index in [1.54, 1.807) is 18.6 Å². The van der Waals surface area contributed by atoms with E-state index in [0.717, 1.165) is 24.5 Å². The number of hydrogen-bond donors (Lipinski definition) is 0. The lowest BCUT2D eigenvalue weighted by molar-refractivity contribution is 0.492. The lowest BCUT2D eigenvalue weighted by atomic mass is 10.3. The van der Waals surface area contributed by atoms with Crippen LogP contribution in [0.5, 0.6) is 0 Å². The Labute approximate surface area is 78.1 Å². The zero-order valence-corrected chi connectivity index (χ0v) is 7.61. The second kappa shape index (κ2) is 3.56. The van der Waals surface area contributed by atoms with Gasteiger partial charge in [0.05, 0.1) is 11.9 Å². The highest BCUT2D eigenvalue weighted by Gasteiger charge is 2.14. The zero-order valence-electron chi connectivity index (χ0n) is 7.61. The molecule has 13 heavy (non-hydrogen) atoms. The Balaban J connectivity index is 2.13. The van der Waals surface area contributed by atoms with Crippen LogP contribution in [0, 0.1) is 0 Å². The van der Waals surface area contributed by atoms with E-state index in [0.29, 0.717) is 0 Å². The first kappa shape index (κ1) is 8.23. The first-order chi connectivity index (χ1) is 6.38. The van der Waals surface area contributed by atoms with Crippen LogP contribution in [0.1, 0.15) is 18.5 Å². The zero-order chi connectivity index (χ0) is 9.10. The Morgan fingerprint density at radius 2 is 2.08 bits per heavy atom. The van der Waals surface area contributed by atoms with Gasteiger partial charge in [-0.25, -0.2) is 0 Å². The van der Waals surface area contributed by atoms with Crippen molar-refractivity contribution in [2.24, 2.45) is 0 Å². The lowest BCUT2D eigenvalue weighted by Gasteiger charge is -2.18. The molecule has 0 bridgehead atoms. The van der Waals surface area contributed by atoms with Crippen LogP contribution in [0.15, 0.2) is 25.2 Å². The first-order valence-corrected chi connectivity index (χ1v) is 4.58. The molecular formula is C10H13N3. The van der Waals surface area contributed by atoms with Crippen molar-refractivity contribution in [1.29, 1.82) is 0 Å². The standard InChI is InChI=1S/C10H13N3/c1-9(13-6-2-3-7-13)10-8-11-4-5-12-10/h4-5,8H,1-3,6-7H2. The maximum Gasteiger partial charge on any atom is 0.104 e. The minimum Gasteiger partial charge on any atom is -0.370 e. The van der Waals surface area contributed by atoms with Gasteiger partial charge in [0, 0.05) is 25.5 Å². The van der Waals surface area contributed by atoms with Gasteiger partial charge in [0.2, 0.25) is 0 Å². The van der Waals surface area contributed by atoms with E-state index in [4.69, 9.17) is 0 Å². The van der Waals surface area contributed by atoms with Crippen molar-refractivity contribution >= 4 is 5.70 Å². The molecule has 3 heteroatoms. The summed E-state index contributed by atoms with van der Waals surface area (Å²) in [5.74, 6) is 0. The average Bonchev–Trinajstić information content (AvgIpc) is 2.71. The summed E-state index contributed by atoms with van der Waals surface area (Å²) < 4.78 is 0. The van der Waals surface area contributed by atoms with Crippen LogP contribution >= 0.6 is 0 Å². The van der Waals surface area contributed by atoms with Crippen molar-refractivity contribution in [2.45, 2.75) is 12.8 Å². The van der Waals surface area contributed by atoms with Gasteiger partial charge in [-0.3, -0.25) is 9.97 Å². The molecule has 2 heterocycles. The minimum absolute atomic E-state index is 0.893. The van der Waals surface area contributed by atoms with E-state index < -0.39 is 0 Å². The van der Waals surface area contributed by atoms with Crippen molar-refractivity contribution in [3.63, 3.8) is 0 Å². The Kier molecular flexibility index (Phi) is 2.25. The van der Waals surface area contributed by atoms with Crippen molar-refractivity contribution in [1.82, 2.24) is 14.9 Å². The van der Waals surface area contributed by atoms with Gasteiger partial charge in [0.25, 0.3) is 0 Å². The monoisotopic (exact) mass is 175 g/mol. The molecule has 0 aromatic carbocycles. The van der Waals surface area contributed by atoms with E-state index in [1.807, 2.05) is 0 Å². The van der Waals surface area contributed by atoms with Crippen LogP contribution in [0.3, 0.4) is 0 Å². The predicted molar refractivity (Wildman–Crippen MR) is 51.9 cm³/mol. The molecule has 0 N–H and O–H groups in total. The summed E-state index contributed by atoms with van der Waals surface area (Å²) in [6.45, 7) is 6.24. The molecule has 1 aliphatic heterocycles. The average molecular weight is 175 g/mol. The SMILES string of the molecule is C=C(c1cnccn1)N1CCCC1. The Morgan fingerprint density at radius 3 is 2.69 bits per heavy atom. The van der Waals surface area contributed by atoms with Crippen molar-refractivity contribution in [3.8, 4) is 0 Å². The summed E-state index contributed by atoms with van der Waals surface area (Å²) in [4.78, 5) is 10.5. The van der Waals surface area contributed by atoms with Crippen LogP contribution in [0.4, 0.5) is 0 Å². The van der Waals surface area contributed by atoms with Gasteiger partial charge in [0.15, 0.2) is 0 Å². The maximum atomic E-state index is 4.22. The van der Waals surface area contributed by atoms with Crippen LogP contribution < -0.4 is 0 Å². The number of nitrogens with zero attached hydrogens (tertiary/aromatic N) is 3. The third-order valence-corrected chi connectivity index (χ3v) is 2.35. The molecule has 0 saturated carbocycles. The molecule has 1 aromatic heterocycles. The quantitative estimate of drug-likeness (QED) is 0.682. The molecule has 0 aliphatic carbocycles. The van der Waals surface area contributed by atoms with Gasteiger partial charge in [-0.05, 0) is 12.8 Å². The Hall–Kier alpha value is -1.38. The summed E-state index contributed by atoms with van der Waals surface area (Å²) in [6.07, 6.45) is 7.68. The molecule has 1 aromatic rings. The van der Waals surface area contributed by atoms with Gasteiger partial charge in [-0.15, -0.1) is 0 Å². The van der Waals surface area contributed by atoms with Gasteiger partial charge >= 0.3 is 0 Å². The van der Waals surface area contributed by atoms with Crippen molar-refractivity contribution in [3.05, 3.63) is 30.9 Å². The number of hydrogen-bond acceptors (Lipinski definition) is 3. The highest BCUT2D eigenvalue weighted by atomic mass is 15.2. The molecule has 68 valence electrons. The van der Waals surface area contributed by atoms with Gasteiger partial charge in [-0.1, -0.05) is 6.58 Å². The van der Waals surface area contributed by atoms with Gasteiger partial charge < -0.3 is 4.90 Å². The van der Waals surface area contributed by atoms with Gasteiger partial charge in [0.1, 0.15) is 5.69 Å². The van der Waals surface area contributed by atoms with E-state index in [-0.39, 0.29) is 0 Å². The molecule has 3 nitrogen and oxygen atoms in total. The third kappa shape index (κ3) is 1.69. The topological polar surface area (TPSA) is 29.0 Å². The molecule has 1 fully saturated rings. The van der Waals surface area contributed by atoms with Crippen LogP contribution in [-0.2, 0) is 0 Å². The molecule has 0 radical (unpaired) electrons. The minimum atomic E-state index is 0.893. The largest absolute Gasteiger partial charge is 0.370 e. The Bertz CT molecular complexity index is 288.